The first-order chi connectivity index (χ1) is 10.3. The molecule has 1 fully saturated rings. The van der Waals surface area contributed by atoms with Crippen molar-refractivity contribution in [1.82, 2.24) is 15.5 Å². The summed E-state index contributed by atoms with van der Waals surface area (Å²) in [6, 6.07) is 4.53. The summed E-state index contributed by atoms with van der Waals surface area (Å²) in [6.07, 6.45) is 6.64. The molecule has 1 aromatic carbocycles. The number of hydrogen-bond acceptors (Lipinski definition) is 4. The Morgan fingerprint density at radius 2 is 2.29 bits per heavy atom. The van der Waals surface area contributed by atoms with Gasteiger partial charge in [-0.05, 0) is 44.4 Å². The molecule has 2 N–H and O–H groups in total. The number of nitrogens with one attached hydrogen (secondary N) is 2. The number of benzene rings is 1. The van der Waals surface area contributed by atoms with Gasteiger partial charge in [0.05, 0.1) is 24.2 Å². The second-order valence-electron chi connectivity index (χ2n) is 5.59. The van der Waals surface area contributed by atoms with Crippen LogP contribution in [0.5, 0.6) is 11.5 Å². The molecule has 2 atom stereocenters. The van der Waals surface area contributed by atoms with Gasteiger partial charge in [-0.3, -0.25) is 5.10 Å². The van der Waals surface area contributed by atoms with E-state index in [9.17, 15) is 0 Å². The molecule has 0 radical (unpaired) electrons. The molecule has 21 heavy (non-hydrogen) atoms. The van der Waals surface area contributed by atoms with Crippen LogP contribution in [0, 0.1) is 0 Å². The number of hydrogen-bond donors (Lipinski definition) is 2. The Hall–Kier alpha value is -1.75. The van der Waals surface area contributed by atoms with E-state index >= 15 is 0 Å². The number of aromatic amines is 1. The first-order valence-corrected chi connectivity index (χ1v) is 7.72. The third-order valence-corrected chi connectivity index (χ3v) is 4.16. The van der Waals surface area contributed by atoms with Crippen molar-refractivity contribution in [1.29, 1.82) is 0 Å². The Morgan fingerprint density at radius 3 is 3.10 bits per heavy atom. The highest BCUT2D eigenvalue weighted by Crippen LogP contribution is 2.36. The molecule has 1 saturated carbocycles. The van der Waals surface area contributed by atoms with Crippen molar-refractivity contribution in [3.05, 3.63) is 18.3 Å². The number of fused-ring (bicyclic) bond motifs is 1. The average Bonchev–Trinajstić information content (AvgIpc) is 2.96. The second-order valence-corrected chi connectivity index (χ2v) is 5.59. The molecule has 1 aliphatic rings. The van der Waals surface area contributed by atoms with E-state index in [4.69, 9.17) is 9.47 Å². The molecule has 114 valence electrons. The summed E-state index contributed by atoms with van der Waals surface area (Å²) in [7, 11) is 1.68. The lowest BCUT2D eigenvalue weighted by atomic mass is 9.93. The minimum Gasteiger partial charge on any atom is -0.492 e. The van der Waals surface area contributed by atoms with Crippen LogP contribution in [0.4, 0.5) is 0 Å². The zero-order valence-electron chi connectivity index (χ0n) is 12.7. The highest BCUT2D eigenvalue weighted by molar-refractivity contribution is 5.87. The molecule has 3 rings (SSSR count). The molecule has 0 saturated heterocycles. The zero-order chi connectivity index (χ0) is 14.7. The fourth-order valence-corrected chi connectivity index (χ4v) is 3.18. The molecule has 5 nitrogen and oxygen atoms in total. The van der Waals surface area contributed by atoms with Crippen LogP contribution in [-0.2, 0) is 0 Å². The largest absolute Gasteiger partial charge is 0.492 e. The van der Waals surface area contributed by atoms with Crippen molar-refractivity contribution >= 4 is 10.9 Å². The maximum Gasteiger partial charge on any atom is 0.171 e. The van der Waals surface area contributed by atoms with E-state index in [2.05, 4.69) is 22.4 Å². The fourth-order valence-electron chi connectivity index (χ4n) is 3.18. The van der Waals surface area contributed by atoms with Crippen LogP contribution in [0.25, 0.3) is 10.9 Å². The number of methoxy groups -OCH3 is 1. The number of rotatable bonds is 5. The summed E-state index contributed by atoms with van der Waals surface area (Å²) in [5.41, 5.74) is 0.966. The minimum absolute atomic E-state index is 0.251. The van der Waals surface area contributed by atoms with Crippen LogP contribution >= 0.6 is 0 Å². The quantitative estimate of drug-likeness (QED) is 0.888. The summed E-state index contributed by atoms with van der Waals surface area (Å²) in [5, 5.41) is 11.5. The summed E-state index contributed by atoms with van der Waals surface area (Å²) in [5.74, 6) is 1.58. The summed E-state index contributed by atoms with van der Waals surface area (Å²) >= 11 is 0. The molecular formula is C16H23N3O2. The monoisotopic (exact) mass is 289 g/mol. The molecule has 1 aromatic heterocycles. The summed E-state index contributed by atoms with van der Waals surface area (Å²) in [6.45, 7) is 3.17. The number of H-pyrrole nitrogens is 1. The van der Waals surface area contributed by atoms with Gasteiger partial charge in [0.1, 0.15) is 6.10 Å². The van der Waals surface area contributed by atoms with Crippen molar-refractivity contribution in [3.63, 3.8) is 0 Å². The zero-order valence-corrected chi connectivity index (χ0v) is 12.7. The molecule has 0 spiro atoms. The van der Waals surface area contributed by atoms with Gasteiger partial charge in [0.15, 0.2) is 11.5 Å². The molecule has 2 aromatic rings. The molecule has 1 heterocycles. The summed E-state index contributed by atoms with van der Waals surface area (Å²) in [4.78, 5) is 0. The number of ether oxygens (including phenoxy) is 2. The highest BCUT2D eigenvalue weighted by Gasteiger charge is 2.24. The van der Waals surface area contributed by atoms with Gasteiger partial charge in [0.25, 0.3) is 0 Å². The van der Waals surface area contributed by atoms with Gasteiger partial charge >= 0.3 is 0 Å². The Kier molecular flexibility index (Phi) is 4.29. The lowest BCUT2D eigenvalue weighted by Crippen LogP contribution is -2.37. The van der Waals surface area contributed by atoms with Gasteiger partial charge in [-0.1, -0.05) is 6.92 Å². The first-order valence-electron chi connectivity index (χ1n) is 7.72. The van der Waals surface area contributed by atoms with E-state index in [1.807, 2.05) is 12.1 Å². The maximum absolute atomic E-state index is 6.22. The normalized spacial score (nSPS) is 22.4. The molecule has 0 bridgehead atoms. The Bertz CT molecular complexity index is 594. The van der Waals surface area contributed by atoms with Crippen molar-refractivity contribution in [2.45, 2.75) is 44.8 Å². The lowest BCUT2D eigenvalue weighted by molar-refractivity contribution is 0.131. The Labute approximate surface area is 125 Å². The van der Waals surface area contributed by atoms with Crippen LogP contribution < -0.4 is 14.8 Å². The van der Waals surface area contributed by atoms with Gasteiger partial charge in [0, 0.05) is 6.04 Å². The molecule has 0 amide bonds. The number of aromatic nitrogens is 2. The molecule has 5 heteroatoms. The maximum atomic E-state index is 6.22. The third-order valence-electron chi connectivity index (χ3n) is 4.16. The van der Waals surface area contributed by atoms with Gasteiger partial charge in [0.2, 0.25) is 0 Å². The van der Waals surface area contributed by atoms with Gasteiger partial charge in [-0.2, -0.15) is 5.10 Å². The van der Waals surface area contributed by atoms with E-state index in [0.717, 1.165) is 41.8 Å². The topological polar surface area (TPSA) is 59.2 Å². The van der Waals surface area contributed by atoms with Crippen LogP contribution in [0.1, 0.15) is 32.6 Å². The van der Waals surface area contributed by atoms with Gasteiger partial charge in [-0.25, -0.2) is 0 Å². The average molecular weight is 289 g/mol. The fraction of sp³-hybridized carbons (Fsp3) is 0.562. The second kappa shape index (κ2) is 6.35. The molecular weight excluding hydrogens is 266 g/mol. The SMILES string of the molecule is CCNC1CCCC(Oc2ccc3[nH]ncc3c2OC)C1. The van der Waals surface area contributed by atoms with E-state index < -0.39 is 0 Å². The number of nitrogens with zero attached hydrogens (tertiary/aromatic N) is 1. The van der Waals surface area contributed by atoms with Crippen molar-refractivity contribution in [2.24, 2.45) is 0 Å². The van der Waals surface area contributed by atoms with Crippen LogP contribution in [0.2, 0.25) is 0 Å². The van der Waals surface area contributed by atoms with Gasteiger partial charge in [-0.15, -0.1) is 0 Å². The van der Waals surface area contributed by atoms with Crippen LogP contribution in [0.3, 0.4) is 0 Å². The minimum atomic E-state index is 0.251. The van der Waals surface area contributed by atoms with Crippen LogP contribution in [-0.4, -0.2) is 36.0 Å². The Morgan fingerprint density at radius 1 is 1.38 bits per heavy atom. The smallest absolute Gasteiger partial charge is 0.171 e. The standard InChI is InChI=1S/C16H23N3O2/c1-3-17-11-5-4-6-12(9-11)21-15-8-7-14-13(10-18-19-14)16(15)20-2/h7-8,10-12,17H,3-6,9H2,1-2H3,(H,18,19). The van der Waals surface area contributed by atoms with E-state index in [0.29, 0.717) is 6.04 Å². The molecule has 0 aliphatic heterocycles. The molecule has 2 unspecified atom stereocenters. The van der Waals surface area contributed by atoms with E-state index in [1.165, 1.54) is 12.8 Å². The van der Waals surface area contributed by atoms with Crippen LogP contribution in [0.15, 0.2) is 18.3 Å². The van der Waals surface area contributed by atoms with E-state index in [1.54, 1.807) is 13.3 Å². The Balaban J connectivity index is 1.77. The highest BCUT2D eigenvalue weighted by atomic mass is 16.5. The van der Waals surface area contributed by atoms with Crippen molar-refractivity contribution < 1.29 is 9.47 Å². The lowest BCUT2D eigenvalue weighted by Gasteiger charge is -2.30. The summed E-state index contributed by atoms with van der Waals surface area (Å²) < 4.78 is 11.8. The first kappa shape index (κ1) is 14.2. The third kappa shape index (κ3) is 2.97. The van der Waals surface area contributed by atoms with E-state index in [-0.39, 0.29) is 6.10 Å². The van der Waals surface area contributed by atoms with Crippen molar-refractivity contribution in [3.8, 4) is 11.5 Å². The molecule has 1 aliphatic carbocycles. The van der Waals surface area contributed by atoms with Gasteiger partial charge < -0.3 is 14.8 Å². The van der Waals surface area contributed by atoms with Crippen molar-refractivity contribution in [2.75, 3.05) is 13.7 Å². The predicted molar refractivity (Wildman–Crippen MR) is 83.0 cm³/mol. The predicted octanol–water partition coefficient (Wildman–Crippen LogP) is 2.87.